The average molecular weight is 279 g/mol. The molecule has 0 aliphatic carbocycles. The van der Waals surface area contributed by atoms with Crippen LogP contribution in [-0.4, -0.2) is 53.5 Å². The molecule has 1 aromatic carbocycles. The third-order valence-electron chi connectivity index (χ3n) is 3.68. The van der Waals surface area contributed by atoms with Crippen LogP contribution in [-0.2, 0) is 16.1 Å². The van der Waals surface area contributed by atoms with Crippen LogP contribution < -0.4 is 0 Å². The predicted octanol–water partition coefficient (Wildman–Crippen LogP) is 1.07. The lowest BCUT2D eigenvalue weighted by Gasteiger charge is -2.32. The fourth-order valence-electron chi connectivity index (χ4n) is 2.35. The van der Waals surface area contributed by atoms with Crippen LogP contribution in [0.3, 0.4) is 0 Å². The SMILES string of the molecule is CC(C(=O)O)c1ccc(CN2CCOC(CO)C2)cc1. The van der Waals surface area contributed by atoms with Crippen LogP contribution in [0.2, 0.25) is 0 Å². The van der Waals surface area contributed by atoms with Crippen molar-refractivity contribution >= 4 is 5.97 Å². The van der Waals surface area contributed by atoms with E-state index in [4.69, 9.17) is 14.9 Å². The lowest BCUT2D eigenvalue weighted by molar-refractivity contribution is -0.138. The van der Waals surface area contributed by atoms with E-state index in [9.17, 15) is 4.79 Å². The second-order valence-corrected chi connectivity index (χ2v) is 5.21. The molecule has 2 rings (SSSR count). The lowest BCUT2D eigenvalue weighted by Crippen LogP contribution is -2.43. The van der Waals surface area contributed by atoms with Gasteiger partial charge in [0.1, 0.15) is 0 Å². The van der Waals surface area contributed by atoms with Gasteiger partial charge in [0.25, 0.3) is 0 Å². The molecule has 1 fully saturated rings. The highest BCUT2D eigenvalue weighted by molar-refractivity contribution is 5.75. The van der Waals surface area contributed by atoms with Crippen LogP contribution in [0.5, 0.6) is 0 Å². The largest absolute Gasteiger partial charge is 0.481 e. The highest BCUT2D eigenvalue weighted by atomic mass is 16.5. The molecule has 5 heteroatoms. The van der Waals surface area contributed by atoms with Crippen molar-refractivity contribution in [3.8, 4) is 0 Å². The highest BCUT2D eigenvalue weighted by Gasteiger charge is 2.20. The number of aliphatic carboxylic acids is 1. The van der Waals surface area contributed by atoms with E-state index in [0.717, 1.165) is 30.8 Å². The molecule has 5 nitrogen and oxygen atoms in total. The van der Waals surface area contributed by atoms with Crippen LogP contribution in [0.1, 0.15) is 24.0 Å². The maximum absolute atomic E-state index is 10.9. The molecule has 1 saturated heterocycles. The molecule has 1 aromatic rings. The highest BCUT2D eigenvalue weighted by Crippen LogP contribution is 2.17. The van der Waals surface area contributed by atoms with E-state index < -0.39 is 11.9 Å². The Kier molecular flexibility index (Phi) is 5.11. The number of rotatable bonds is 5. The van der Waals surface area contributed by atoms with Crippen molar-refractivity contribution in [3.63, 3.8) is 0 Å². The lowest BCUT2D eigenvalue weighted by atomic mass is 10.00. The first-order valence-corrected chi connectivity index (χ1v) is 6.86. The maximum Gasteiger partial charge on any atom is 0.310 e. The summed E-state index contributed by atoms with van der Waals surface area (Å²) < 4.78 is 5.42. The smallest absolute Gasteiger partial charge is 0.310 e. The molecule has 2 atom stereocenters. The molecule has 1 aliphatic rings. The second kappa shape index (κ2) is 6.83. The third kappa shape index (κ3) is 3.79. The first kappa shape index (κ1) is 15.0. The monoisotopic (exact) mass is 279 g/mol. The number of carboxylic acid groups (broad SMARTS) is 1. The number of aliphatic hydroxyl groups excluding tert-OH is 1. The molecular formula is C15H21NO4. The summed E-state index contributed by atoms with van der Waals surface area (Å²) in [5.41, 5.74) is 1.96. The average Bonchev–Trinajstić information content (AvgIpc) is 2.47. The minimum absolute atomic E-state index is 0.0472. The van der Waals surface area contributed by atoms with E-state index in [2.05, 4.69) is 4.90 Å². The Bertz CT molecular complexity index is 446. The van der Waals surface area contributed by atoms with Crippen molar-refractivity contribution in [2.24, 2.45) is 0 Å². The van der Waals surface area contributed by atoms with Crippen LogP contribution in [0.4, 0.5) is 0 Å². The standard InChI is InChI=1S/C15H21NO4/c1-11(15(18)19)13-4-2-12(3-5-13)8-16-6-7-20-14(9-16)10-17/h2-5,11,14,17H,6-10H2,1H3,(H,18,19). The summed E-state index contributed by atoms with van der Waals surface area (Å²) in [6, 6.07) is 7.69. The fourth-order valence-corrected chi connectivity index (χ4v) is 2.35. The molecule has 0 spiro atoms. The topological polar surface area (TPSA) is 70.0 Å². The fraction of sp³-hybridized carbons (Fsp3) is 0.533. The molecule has 2 N–H and O–H groups in total. The minimum Gasteiger partial charge on any atom is -0.481 e. The van der Waals surface area contributed by atoms with Gasteiger partial charge in [0.05, 0.1) is 25.2 Å². The molecule has 2 unspecified atom stereocenters. The number of nitrogens with zero attached hydrogens (tertiary/aromatic N) is 1. The molecule has 1 aliphatic heterocycles. The first-order valence-electron chi connectivity index (χ1n) is 6.86. The van der Waals surface area contributed by atoms with Gasteiger partial charge < -0.3 is 14.9 Å². The van der Waals surface area contributed by atoms with Crippen molar-refractivity contribution in [1.29, 1.82) is 0 Å². The van der Waals surface area contributed by atoms with Gasteiger partial charge in [-0.2, -0.15) is 0 Å². The van der Waals surface area contributed by atoms with Gasteiger partial charge in [0.2, 0.25) is 0 Å². The number of hydrogen-bond donors (Lipinski definition) is 2. The van der Waals surface area contributed by atoms with Crippen molar-refractivity contribution in [3.05, 3.63) is 35.4 Å². The summed E-state index contributed by atoms with van der Waals surface area (Å²) in [7, 11) is 0. The Morgan fingerprint density at radius 3 is 2.75 bits per heavy atom. The van der Waals surface area contributed by atoms with Gasteiger partial charge in [-0.3, -0.25) is 9.69 Å². The van der Waals surface area contributed by atoms with Crippen molar-refractivity contribution in [2.45, 2.75) is 25.5 Å². The number of morpholine rings is 1. The maximum atomic E-state index is 10.9. The Morgan fingerprint density at radius 1 is 1.45 bits per heavy atom. The van der Waals surface area contributed by atoms with Gasteiger partial charge >= 0.3 is 5.97 Å². The second-order valence-electron chi connectivity index (χ2n) is 5.21. The first-order chi connectivity index (χ1) is 9.60. The Hall–Kier alpha value is -1.43. The number of benzene rings is 1. The number of carboxylic acids is 1. The van der Waals surface area contributed by atoms with Gasteiger partial charge in [-0.05, 0) is 18.1 Å². The minimum atomic E-state index is -0.809. The normalized spacial score (nSPS) is 21.6. The third-order valence-corrected chi connectivity index (χ3v) is 3.68. The zero-order valence-electron chi connectivity index (χ0n) is 11.7. The molecule has 1 heterocycles. The summed E-state index contributed by atoms with van der Waals surface area (Å²) in [5, 5.41) is 18.1. The quantitative estimate of drug-likeness (QED) is 0.843. The zero-order valence-corrected chi connectivity index (χ0v) is 11.7. The van der Waals surface area contributed by atoms with Crippen molar-refractivity contribution in [1.82, 2.24) is 4.90 Å². The summed E-state index contributed by atoms with van der Waals surface area (Å²) in [6.07, 6.45) is -0.102. The van der Waals surface area contributed by atoms with Crippen LogP contribution >= 0.6 is 0 Å². The molecule has 110 valence electrons. The van der Waals surface area contributed by atoms with E-state index in [-0.39, 0.29) is 12.7 Å². The molecule has 0 radical (unpaired) electrons. The van der Waals surface area contributed by atoms with Gasteiger partial charge in [-0.1, -0.05) is 24.3 Å². The molecule has 20 heavy (non-hydrogen) atoms. The van der Waals surface area contributed by atoms with Gasteiger partial charge in [0.15, 0.2) is 0 Å². The van der Waals surface area contributed by atoms with E-state index in [0.29, 0.717) is 6.61 Å². The number of ether oxygens (including phenoxy) is 1. The summed E-state index contributed by atoms with van der Waals surface area (Å²) in [5.74, 6) is -1.29. The van der Waals surface area contributed by atoms with E-state index in [1.165, 1.54) is 0 Å². The van der Waals surface area contributed by atoms with Gasteiger partial charge in [-0.25, -0.2) is 0 Å². The van der Waals surface area contributed by atoms with Crippen LogP contribution in [0.15, 0.2) is 24.3 Å². The molecular weight excluding hydrogens is 258 g/mol. The molecule has 0 amide bonds. The Labute approximate surface area is 118 Å². The molecule has 0 bridgehead atoms. The Balaban J connectivity index is 1.95. The molecule has 0 saturated carbocycles. The van der Waals surface area contributed by atoms with Crippen molar-refractivity contribution in [2.75, 3.05) is 26.3 Å². The summed E-state index contributed by atoms with van der Waals surface area (Å²) in [4.78, 5) is 13.2. The number of hydrogen-bond acceptors (Lipinski definition) is 4. The summed E-state index contributed by atoms with van der Waals surface area (Å²) >= 11 is 0. The van der Waals surface area contributed by atoms with E-state index in [1.54, 1.807) is 6.92 Å². The number of carbonyl (C=O) groups is 1. The van der Waals surface area contributed by atoms with Crippen LogP contribution in [0, 0.1) is 0 Å². The van der Waals surface area contributed by atoms with Crippen LogP contribution in [0.25, 0.3) is 0 Å². The summed E-state index contributed by atoms with van der Waals surface area (Å²) in [6.45, 7) is 4.74. The predicted molar refractivity (Wildman–Crippen MR) is 74.6 cm³/mol. The molecule has 0 aromatic heterocycles. The Morgan fingerprint density at radius 2 is 2.15 bits per heavy atom. The van der Waals surface area contributed by atoms with Gasteiger partial charge in [0, 0.05) is 19.6 Å². The van der Waals surface area contributed by atoms with E-state index >= 15 is 0 Å². The van der Waals surface area contributed by atoms with Crippen molar-refractivity contribution < 1.29 is 19.7 Å². The van der Waals surface area contributed by atoms with Gasteiger partial charge in [-0.15, -0.1) is 0 Å². The van der Waals surface area contributed by atoms with E-state index in [1.807, 2.05) is 24.3 Å². The number of aliphatic hydroxyl groups is 1. The zero-order chi connectivity index (χ0) is 14.5.